The Morgan fingerprint density at radius 3 is 2.67 bits per heavy atom. The second kappa shape index (κ2) is 7.43. The van der Waals surface area contributed by atoms with Gasteiger partial charge in [-0.3, -0.25) is 4.79 Å². The number of hydrogen-bond donors (Lipinski definition) is 1. The quantitative estimate of drug-likeness (QED) is 0.574. The van der Waals surface area contributed by atoms with E-state index < -0.39 is 0 Å². The molecule has 0 unspecified atom stereocenters. The van der Waals surface area contributed by atoms with Crippen molar-refractivity contribution in [1.29, 1.82) is 0 Å². The summed E-state index contributed by atoms with van der Waals surface area (Å²) in [6, 6.07) is 16.6. The molecule has 4 rings (SSSR count). The Bertz CT molecular complexity index is 1100. The molecule has 1 N–H and O–H groups in total. The molecule has 134 valence electrons. The number of halogens is 1. The van der Waals surface area contributed by atoms with Crippen LogP contribution in [0.3, 0.4) is 0 Å². The van der Waals surface area contributed by atoms with Crippen molar-refractivity contribution in [2.24, 2.45) is 0 Å². The average molecular weight is 380 g/mol. The predicted octanol–water partition coefficient (Wildman–Crippen LogP) is 3.49. The van der Waals surface area contributed by atoms with E-state index in [1.54, 1.807) is 35.1 Å². The first kappa shape index (κ1) is 17.0. The van der Waals surface area contributed by atoms with Gasteiger partial charge in [-0.25, -0.2) is 14.6 Å². The second-order valence-corrected chi connectivity index (χ2v) is 6.03. The van der Waals surface area contributed by atoms with Gasteiger partial charge in [-0.2, -0.15) is 5.10 Å². The average Bonchev–Trinajstić information content (AvgIpc) is 3.13. The number of benzene rings is 2. The molecular formula is C19H14ClN5O2. The fourth-order valence-corrected chi connectivity index (χ4v) is 2.76. The van der Waals surface area contributed by atoms with Crippen LogP contribution in [0.5, 0.6) is 5.88 Å². The van der Waals surface area contributed by atoms with Crippen LogP contribution in [0, 0.1) is 0 Å². The number of hydrogen-bond acceptors (Lipinski definition) is 5. The number of ether oxygens (including phenoxy) is 1. The topological polar surface area (TPSA) is 81.9 Å². The molecule has 27 heavy (non-hydrogen) atoms. The molecular weight excluding hydrogens is 366 g/mol. The number of carbonyl (C=O) groups excluding carboxylic acids is 1. The summed E-state index contributed by atoms with van der Waals surface area (Å²) in [5, 5.41) is 8.12. The first-order chi connectivity index (χ1) is 13.2. The fourth-order valence-electron chi connectivity index (χ4n) is 2.58. The van der Waals surface area contributed by atoms with Crippen LogP contribution < -0.4 is 10.1 Å². The molecule has 0 fully saturated rings. The number of fused-ring (bicyclic) bond motifs is 1. The van der Waals surface area contributed by atoms with Gasteiger partial charge in [0.25, 0.3) is 5.91 Å². The minimum absolute atomic E-state index is 0.214. The summed E-state index contributed by atoms with van der Waals surface area (Å²) < 4.78 is 7.27. The van der Waals surface area contributed by atoms with Crippen LogP contribution in [-0.2, 0) is 4.79 Å². The lowest BCUT2D eigenvalue weighted by atomic mass is 10.3. The highest BCUT2D eigenvalue weighted by Crippen LogP contribution is 2.23. The maximum absolute atomic E-state index is 12.1. The van der Waals surface area contributed by atoms with Gasteiger partial charge in [-0.05, 0) is 24.3 Å². The van der Waals surface area contributed by atoms with E-state index in [9.17, 15) is 4.79 Å². The lowest BCUT2D eigenvalue weighted by molar-refractivity contribution is -0.118. The minimum atomic E-state index is -0.342. The summed E-state index contributed by atoms with van der Waals surface area (Å²) >= 11 is 6.04. The molecule has 7 nitrogen and oxygen atoms in total. The number of aromatic nitrogens is 4. The molecule has 0 aliphatic rings. The summed E-state index contributed by atoms with van der Waals surface area (Å²) in [4.78, 5) is 20.5. The smallest absolute Gasteiger partial charge is 0.262 e. The van der Waals surface area contributed by atoms with Crippen LogP contribution in [0.4, 0.5) is 5.69 Å². The molecule has 0 spiro atoms. The van der Waals surface area contributed by atoms with E-state index in [4.69, 9.17) is 16.3 Å². The standard InChI is InChI=1S/C19H14ClN5O2/c20-15-8-4-5-9-16(15)24-17(26)11-27-19-14-10-23-25(18(14)21-12-22-19)13-6-2-1-3-7-13/h1-10,12H,11H2,(H,24,26). The van der Waals surface area contributed by atoms with E-state index in [-0.39, 0.29) is 18.4 Å². The first-order valence-corrected chi connectivity index (χ1v) is 8.51. The van der Waals surface area contributed by atoms with Gasteiger partial charge in [0.15, 0.2) is 12.3 Å². The van der Waals surface area contributed by atoms with Crippen molar-refractivity contribution in [2.75, 3.05) is 11.9 Å². The van der Waals surface area contributed by atoms with Crippen LogP contribution in [0.2, 0.25) is 5.02 Å². The molecule has 0 saturated heterocycles. The normalized spacial score (nSPS) is 10.7. The van der Waals surface area contributed by atoms with Crippen LogP contribution in [0.15, 0.2) is 67.1 Å². The second-order valence-electron chi connectivity index (χ2n) is 5.62. The highest BCUT2D eigenvalue weighted by molar-refractivity contribution is 6.33. The van der Waals surface area contributed by atoms with Crippen molar-refractivity contribution < 1.29 is 9.53 Å². The highest BCUT2D eigenvalue weighted by atomic mass is 35.5. The van der Waals surface area contributed by atoms with E-state index >= 15 is 0 Å². The molecule has 1 amide bonds. The van der Waals surface area contributed by atoms with Gasteiger partial charge in [-0.15, -0.1) is 0 Å². The van der Waals surface area contributed by atoms with Crippen LogP contribution in [-0.4, -0.2) is 32.3 Å². The summed E-state index contributed by atoms with van der Waals surface area (Å²) in [6.45, 7) is -0.214. The van der Waals surface area contributed by atoms with Gasteiger partial charge in [0.1, 0.15) is 11.7 Å². The van der Waals surface area contributed by atoms with Crippen molar-refractivity contribution in [3.05, 3.63) is 72.1 Å². The molecule has 2 aromatic heterocycles. The lowest BCUT2D eigenvalue weighted by Gasteiger charge is -2.08. The number of anilines is 1. The molecule has 0 aliphatic carbocycles. The highest BCUT2D eigenvalue weighted by Gasteiger charge is 2.13. The van der Waals surface area contributed by atoms with E-state index in [1.807, 2.05) is 30.3 Å². The van der Waals surface area contributed by atoms with E-state index in [2.05, 4.69) is 20.4 Å². The van der Waals surface area contributed by atoms with Crippen molar-refractivity contribution in [3.8, 4) is 11.6 Å². The number of rotatable bonds is 5. The third kappa shape index (κ3) is 3.58. The Kier molecular flexibility index (Phi) is 4.67. The predicted molar refractivity (Wildman–Crippen MR) is 102 cm³/mol. The maximum atomic E-state index is 12.1. The Hall–Kier alpha value is -3.45. The van der Waals surface area contributed by atoms with Crippen molar-refractivity contribution in [3.63, 3.8) is 0 Å². The van der Waals surface area contributed by atoms with Gasteiger partial charge in [0.05, 0.1) is 22.6 Å². The molecule has 0 bridgehead atoms. The maximum Gasteiger partial charge on any atom is 0.262 e. The zero-order valence-corrected chi connectivity index (χ0v) is 14.8. The molecule has 2 aromatic carbocycles. The molecule has 0 radical (unpaired) electrons. The molecule has 8 heteroatoms. The van der Waals surface area contributed by atoms with Gasteiger partial charge >= 0.3 is 0 Å². The molecule has 0 saturated carbocycles. The molecule has 0 atom stereocenters. The summed E-state index contributed by atoms with van der Waals surface area (Å²) in [5.74, 6) is -0.0539. The third-order valence-electron chi connectivity index (χ3n) is 3.82. The monoisotopic (exact) mass is 379 g/mol. The summed E-state index contributed by atoms with van der Waals surface area (Å²) in [5.41, 5.74) is 1.99. The van der Waals surface area contributed by atoms with Gasteiger partial charge in [0, 0.05) is 0 Å². The Morgan fingerprint density at radius 2 is 1.85 bits per heavy atom. The first-order valence-electron chi connectivity index (χ1n) is 8.14. The molecule has 2 heterocycles. The summed E-state index contributed by atoms with van der Waals surface area (Å²) in [6.07, 6.45) is 2.99. The number of carbonyl (C=O) groups is 1. The number of nitrogens with zero attached hydrogens (tertiary/aromatic N) is 4. The largest absolute Gasteiger partial charge is 0.467 e. The van der Waals surface area contributed by atoms with Crippen LogP contribution >= 0.6 is 11.6 Å². The van der Waals surface area contributed by atoms with Gasteiger partial charge < -0.3 is 10.1 Å². The zero-order chi connectivity index (χ0) is 18.6. The zero-order valence-electron chi connectivity index (χ0n) is 14.0. The van der Waals surface area contributed by atoms with Crippen molar-refractivity contribution in [1.82, 2.24) is 19.7 Å². The lowest BCUT2D eigenvalue weighted by Crippen LogP contribution is -2.20. The molecule has 4 aromatic rings. The Labute approximate surface area is 159 Å². The van der Waals surface area contributed by atoms with Crippen molar-refractivity contribution >= 4 is 34.2 Å². The number of para-hydroxylation sites is 2. The third-order valence-corrected chi connectivity index (χ3v) is 4.15. The Balaban J connectivity index is 1.52. The van der Waals surface area contributed by atoms with E-state index in [0.29, 0.717) is 21.7 Å². The summed E-state index contributed by atoms with van der Waals surface area (Å²) in [7, 11) is 0. The van der Waals surface area contributed by atoms with E-state index in [1.165, 1.54) is 6.33 Å². The number of amides is 1. The van der Waals surface area contributed by atoms with Crippen molar-refractivity contribution in [2.45, 2.75) is 0 Å². The minimum Gasteiger partial charge on any atom is -0.467 e. The fraction of sp³-hybridized carbons (Fsp3) is 0.0526. The Morgan fingerprint density at radius 1 is 1.07 bits per heavy atom. The van der Waals surface area contributed by atoms with E-state index in [0.717, 1.165) is 5.69 Å². The van der Waals surface area contributed by atoms with Gasteiger partial charge in [-0.1, -0.05) is 41.9 Å². The van der Waals surface area contributed by atoms with Crippen LogP contribution in [0.25, 0.3) is 16.7 Å². The van der Waals surface area contributed by atoms with Crippen LogP contribution in [0.1, 0.15) is 0 Å². The van der Waals surface area contributed by atoms with Gasteiger partial charge in [0.2, 0.25) is 5.88 Å². The SMILES string of the molecule is O=C(COc1ncnc2c1cnn2-c1ccccc1)Nc1ccccc1Cl. The molecule has 0 aliphatic heterocycles. The number of nitrogens with one attached hydrogen (secondary N) is 1.